The van der Waals surface area contributed by atoms with Crippen LogP contribution in [0.25, 0.3) is 0 Å². The van der Waals surface area contributed by atoms with E-state index in [9.17, 15) is 0 Å². The molecule has 1 unspecified atom stereocenters. The van der Waals surface area contributed by atoms with Gasteiger partial charge in [0.1, 0.15) is 10.8 Å². The van der Waals surface area contributed by atoms with Gasteiger partial charge in [-0.1, -0.05) is 6.92 Å². The van der Waals surface area contributed by atoms with E-state index in [0.29, 0.717) is 22.1 Å². The van der Waals surface area contributed by atoms with E-state index in [1.165, 1.54) is 24.6 Å². The molecule has 1 aliphatic rings. The molecule has 1 fully saturated rings. The van der Waals surface area contributed by atoms with Crippen LogP contribution in [0.1, 0.15) is 40.5 Å². The van der Waals surface area contributed by atoms with Crippen LogP contribution in [-0.4, -0.2) is 43.7 Å². The molecule has 7 nitrogen and oxygen atoms in total. The number of hydrogen-bond donors (Lipinski definition) is 2. The van der Waals surface area contributed by atoms with Gasteiger partial charge in [0.15, 0.2) is 10.3 Å². The summed E-state index contributed by atoms with van der Waals surface area (Å²) in [6, 6.07) is 3.80. The summed E-state index contributed by atoms with van der Waals surface area (Å²) in [5.41, 5.74) is -0.139. The monoisotopic (exact) mass is 417 g/mol. The average Bonchev–Trinajstić information content (AvgIpc) is 2.60. The summed E-state index contributed by atoms with van der Waals surface area (Å²) < 4.78 is 0. The van der Waals surface area contributed by atoms with Crippen LogP contribution in [0.4, 0.5) is 11.8 Å². The highest BCUT2D eigenvalue weighted by Gasteiger charge is 2.20. The quantitative estimate of drug-likeness (QED) is 0.439. The maximum atomic E-state index is 5.43. The molecule has 150 valence electrons. The van der Waals surface area contributed by atoms with Crippen molar-refractivity contribution < 1.29 is 0 Å². The van der Waals surface area contributed by atoms with Crippen molar-refractivity contribution in [1.29, 1.82) is 0 Å². The fourth-order valence-electron chi connectivity index (χ4n) is 2.99. The third kappa shape index (κ3) is 6.27. The highest BCUT2D eigenvalue weighted by molar-refractivity contribution is 7.99. The zero-order valence-electron chi connectivity index (χ0n) is 16.8. The lowest BCUT2D eigenvalue weighted by Crippen LogP contribution is -2.43. The Balaban J connectivity index is 1.86. The number of piperidine rings is 1. The van der Waals surface area contributed by atoms with Gasteiger partial charge in [-0.3, -0.25) is 0 Å². The van der Waals surface area contributed by atoms with Gasteiger partial charge in [-0.25, -0.2) is 15.0 Å². The fraction of sp³-hybridized carbons (Fsp3) is 0.526. The van der Waals surface area contributed by atoms with Gasteiger partial charge in [0, 0.05) is 37.1 Å². The molecule has 0 spiro atoms. The molecule has 1 atom stereocenters. The Hall–Kier alpha value is -2.00. The minimum absolute atomic E-state index is 0.139. The van der Waals surface area contributed by atoms with E-state index in [1.807, 2.05) is 6.07 Å². The second kappa shape index (κ2) is 9.00. The highest BCUT2D eigenvalue weighted by Crippen LogP contribution is 2.29. The van der Waals surface area contributed by atoms with Crippen molar-refractivity contribution in [3.63, 3.8) is 0 Å². The summed E-state index contributed by atoms with van der Waals surface area (Å²) >= 11 is 6.85. The highest BCUT2D eigenvalue weighted by atomic mass is 32.2. The lowest BCUT2D eigenvalue weighted by Gasteiger charge is -2.32. The number of aromatic nitrogens is 4. The zero-order valence-corrected chi connectivity index (χ0v) is 18.4. The zero-order chi connectivity index (χ0) is 20.1. The largest absolute Gasteiger partial charge is 0.358 e. The fourth-order valence-corrected chi connectivity index (χ4v) is 4.09. The summed E-state index contributed by atoms with van der Waals surface area (Å²) in [7, 11) is 0. The van der Waals surface area contributed by atoms with Crippen LogP contribution in [0.3, 0.4) is 0 Å². The van der Waals surface area contributed by atoms with Gasteiger partial charge in [0.25, 0.3) is 0 Å². The molecular formula is C19H27N7S2. The molecule has 3 rings (SSSR count). The van der Waals surface area contributed by atoms with Crippen LogP contribution >= 0.6 is 24.0 Å². The molecule has 0 aromatic carbocycles. The number of anilines is 2. The van der Waals surface area contributed by atoms with E-state index in [4.69, 9.17) is 17.2 Å². The smallest absolute Gasteiger partial charge is 0.232 e. The van der Waals surface area contributed by atoms with Crippen molar-refractivity contribution in [3.05, 3.63) is 24.5 Å². The summed E-state index contributed by atoms with van der Waals surface area (Å²) in [4.78, 5) is 20.2. The lowest BCUT2D eigenvalue weighted by atomic mass is 10.0. The molecule has 1 saturated heterocycles. The van der Waals surface area contributed by atoms with Crippen LogP contribution in [0.5, 0.6) is 0 Å². The van der Waals surface area contributed by atoms with Crippen molar-refractivity contribution in [2.75, 3.05) is 23.3 Å². The summed E-state index contributed by atoms with van der Waals surface area (Å²) in [5.74, 6) is 2.04. The van der Waals surface area contributed by atoms with E-state index in [2.05, 4.69) is 58.2 Å². The third-order valence-electron chi connectivity index (χ3n) is 4.12. The van der Waals surface area contributed by atoms with Gasteiger partial charge in [-0.05, 0) is 69.6 Å². The summed E-state index contributed by atoms with van der Waals surface area (Å²) in [6.45, 7) is 10.4. The first-order chi connectivity index (χ1) is 13.3. The Morgan fingerprint density at radius 1 is 1.25 bits per heavy atom. The Kier molecular flexibility index (Phi) is 6.66. The van der Waals surface area contributed by atoms with E-state index >= 15 is 0 Å². The Bertz CT molecular complexity index is 808. The van der Waals surface area contributed by atoms with E-state index in [1.54, 1.807) is 18.5 Å². The first kappa shape index (κ1) is 20.7. The minimum atomic E-state index is -0.139. The van der Waals surface area contributed by atoms with Crippen LogP contribution in [-0.2, 0) is 0 Å². The first-order valence-corrected chi connectivity index (χ1v) is 10.7. The Morgan fingerprint density at radius 2 is 2.00 bits per heavy atom. The third-order valence-corrected chi connectivity index (χ3v) is 5.14. The number of rotatable bonds is 4. The molecule has 2 aromatic rings. The van der Waals surface area contributed by atoms with Gasteiger partial charge in [0.2, 0.25) is 5.95 Å². The van der Waals surface area contributed by atoms with Gasteiger partial charge in [0.05, 0.1) is 0 Å². The van der Waals surface area contributed by atoms with E-state index in [0.717, 1.165) is 23.9 Å². The number of thiocarbonyl (C=S) groups is 1. The molecule has 0 radical (unpaired) electrons. The second-order valence-electron chi connectivity index (χ2n) is 8.04. The number of nitrogens with zero attached hydrogens (tertiary/aromatic N) is 5. The first-order valence-electron chi connectivity index (χ1n) is 9.46. The Morgan fingerprint density at radius 3 is 2.68 bits per heavy atom. The molecule has 1 aliphatic heterocycles. The van der Waals surface area contributed by atoms with Crippen molar-refractivity contribution in [2.45, 2.75) is 56.3 Å². The maximum absolute atomic E-state index is 5.43. The van der Waals surface area contributed by atoms with Crippen molar-refractivity contribution in [2.24, 2.45) is 5.92 Å². The summed E-state index contributed by atoms with van der Waals surface area (Å²) in [6.07, 6.45) is 5.88. The lowest BCUT2D eigenvalue weighted by molar-refractivity contribution is 0.444. The number of hydrogen-bond acceptors (Lipinski definition) is 7. The molecule has 0 saturated carbocycles. The predicted molar refractivity (Wildman–Crippen MR) is 118 cm³/mol. The summed E-state index contributed by atoms with van der Waals surface area (Å²) in [5, 5.41) is 8.31. The standard InChI is InChI=1S/C19H27N7S2/c1-13-7-5-10-26(12-13)14-11-15(28-18-20-8-6-9-21-18)23-16(22-14)24-17(27)25-19(2,3)4/h6,8-9,11,13H,5,7,10,12H2,1-4H3,(H2,22,23,24,25,27). The maximum Gasteiger partial charge on any atom is 0.232 e. The Labute approximate surface area is 176 Å². The van der Waals surface area contributed by atoms with Gasteiger partial charge in [-0.2, -0.15) is 4.98 Å². The molecule has 0 bridgehead atoms. The second-order valence-corrected chi connectivity index (χ2v) is 9.44. The molecule has 3 heterocycles. The molecule has 2 N–H and O–H groups in total. The van der Waals surface area contributed by atoms with Crippen LogP contribution < -0.4 is 15.5 Å². The molecule has 0 amide bonds. The van der Waals surface area contributed by atoms with Crippen molar-refractivity contribution in [3.8, 4) is 0 Å². The van der Waals surface area contributed by atoms with Crippen molar-refractivity contribution >= 4 is 40.9 Å². The minimum Gasteiger partial charge on any atom is -0.358 e. The van der Waals surface area contributed by atoms with Crippen molar-refractivity contribution in [1.82, 2.24) is 25.3 Å². The molecule has 9 heteroatoms. The van der Waals surface area contributed by atoms with Crippen LogP contribution in [0.2, 0.25) is 0 Å². The predicted octanol–water partition coefficient (Wildman–Crippen LogP) is 3.74. The van der Waals surface area contributed by atoms with E-state index in [-0.39, 0.29) is 5.54 Å². The van der Waals surface area contributed by atoms with Gasteiger partial charge < -0.3 is 15.5 Å². The normalized spacial score (nSPS) is 17.3. The molecule has 2 aromatic heterocycles. The van der Waals surface area contributed by atoms with Gasteiger partial charge >= 0.3 is 0 Å². The molecule has 0 aliphatic carbocycles. The number of nitrogens with one attached hydrogen (secondary N) is 2. The van der Waals surface area contributed by atoms with Crippen LogP contribution in [0, 0.1) is 5.92 Å². The topological polar surface area (TPSA) is 78.9 Å². The molecular weight excluding hydrogens is 390 g/mol. The average molecular weight is 418 g/mol. The van der Waals surface area contributed by atoms with Gasteiger partial charge in [-0.15, -0.1) is 0 Å². The van der Waals surface area contributed by atoms with E-state index < -0.39 is 0 Å². The van der Waals surface area contributed by atoms with Crippen LogP contribution in [0.15, 0.2) is 34.7 Å². The SMILES string of the molecule is CC1CCCN(c2cc(Sc3ncccn3)nc(NC(=S)NC(C)(C)C)n2)C1. The molecule has 28 heavy (non-hydrogen) atoms.